The maximum Gasteiger partial charge on any atom is 0.0459 e. The molecule has 1 heteroatoms. The standard InChI is InChI=1S/C16H26O/c1-2-3-4-6-11-16(14-17)13-12-15-9-7-5-8-10-15/h5,7-10,16-17H,2-4,6,11-14H2,1H3/t16-/m1/s1. The largest absolute Gasteiger partial charge is 0.396 e. The second-order valence-corrected chi connectivity index (χ2v) is 4.92. The Kier molecular flexibility index (Phi) is 7.74. The van der Waals surface area contributed by atoms with Crippen molar-refractivity contribution in [3.05, 3.63) is 35.9 Å². The number of aliphatic hydroxyl groups is 1. The van der Waals surface area contributed by atoms with Crippen LogP contribution in [0.25, 0.3) is 0 Å². The van der Waals surface area contributed by atoms with Crippen LogP contribution >= 0.6 is 0 Å². The van der Waals surface area contributed by atoms with Crippen LogP contribution < -0.4 is 0 Å². The van der Waals surface area contributed by atoms with E-state index in [-0.39, 0.29) is 0 Å². The first-order chi connectivity index (χ1) is 8.36. The molecule has 0 amide bonds. The minimum Gasteiger partial charge on any atom is -0.396 e. The van der Waals surface area contributed by atoms with Crippen molar-refractivity contribution in [2.75, 3.05) is 6.61 Å². The minimum atomic E-state index is 0.346. The Balaban J connectivity index is 2.18. The van der Waals surface area contributed by atoms with E-state index < -0.39 is 0 Å². The second kappa shape index (κ2) is 9.23. The normalized spacial score (nSPS) is 12.6. The first kappa shape index (κ1) is 14.2. The molecule has 0 saturated carbocycles. The van der Waals surface area contributed by atoms with Crippen LogP contribution in [0.3, 0.4) is 0 Å². The molecule has 0 fully saturated rings. The van der Waals surface area contributed by atoms with Gasteiger partial charge in [0, 0.05) is 6.61 Å². The van der Waals surface area contributed by atoms with E-state index in [0.29, 0.717) is 12.5 Å². The summed E-state index contributed by atoms with van der Waals surface area (Å²) in [5.74, 6) is 0.493. The van der Waals surface area contributed by atoms with Gasteiger partial charge in [-0.25, -0.2) is 0 Å². The van der Waals surface area contributed by atoms with Crippen LogP contribution in [0.15, 0.2) is 30.3 Å². The number of unbranched alkanes of at least 4 members (excludes halogenated alkanes) is 3. The van der Waals surface area contributed by atoms with Gasteiger partial charge in [-0.1, -0.05) is 62.9 Å². The summed E-state index contributed by atoms with van der Waals surface area (Å²) in [4.78, 5) is 0. The molecule has 1 atom stereocenters. The number of hydrogen-bond acceptors (Lipinski definition) is 1. The fourth-order valence-corrected chi connectivity index (χ4v) is 2.20. The lowest BCUT2D eigenvalue weighted by atomic mass is 9.94. The van der Waals surface area contributed by atoms with Gasteiger partial charge < -0.3 is 5.11 Å². The van der Waals surface area contributed by atoms with Crippen molar-refractivity contribution < 1.29 is 5.11 Å². The van der Waals surface area contributed by atoms with E-state index in [1.807, 2.05) is 0 Å². The van der Waals surface area contributed by atoms with Gasteiger partial charge in [0.2, 0.25) is 0 Å². The number of benzene rings is 1. The van der Waals surface area contributed by atoms with Crippen molar-refractivity contribution in [2.45, 2.75) is 51.9 Å². The van der Waals surface area contributed by atoms with Gasteiger partial charge >= 0.3 is 0 Å². The third-order valence-corrected chi connectivity index (χ3v) is 3.41. The van der Waals surface area contributed by atoms with E-state index in [0.717, 1.165) is 12.8 Å². The number of aryl methyl sites for hydroxylation is 1. The monoisotopic (exact) mass is 234 g/mol. The number of hydrogen-bond donors (Lipinski definition) is 1. The molecule has 0 aliphatic heterocycles. The second-order valence-electron chi connectivity index (χ2n) is 4.92. The molecule has 96 valence electrons. The lowest BCUT2D eigenvalue weighted by Crippen LogP contribution is -2.07. The smallest absolute Gasteiger partial charge is 0.0459 e. The van der Waals surface area contributed by atoms with Crippen LogP contribution in [0.5, 0.6) is 0 Å². The zero-order valence-corrected chi connectivity index (χ0v) is 11.1. The summed E-state index contributed by atoms with van der Waals surface area (Å²) in [7, 11) is 0. The summed E-state index contributed by atoms with van der Waals surface area (Å²) in [6.07, 6.45) is 8.60. The third kappa shape index (κ3) is 6.48. The van der Waals surface area contributed by atoms with Gasteiger partial charge in [0.25, 0.3) is 0 Å². The molecule has 0 aliphatic rings. The summed E-state index contributed by atoms with van der Waals surface area (Å²) >= 11 is 0. The maximum atomic E-state index is 9.36. The van der Waals surface area contributed by atoms with Crippen molar-refractivity contribution in [1.82, 2.24) is 0 Å². The molecule has 1 N–H and O–H groups in total. The quantitative estimate of drug-likeness (QED) is 0.635. The van der Waals surface area contributed by atoms with E-state index >= 15 is 0 Å². The van der Waals surface area contributed by atoms with Crippen LogP contribution in [0.1, 0.15) is 51.0 Å². The Bertz CT molecular complexity index is 268. The van der Waals surface area contributed by atoms with Crippen LogP contribution in [0.4, 0.5) is 0 Å². The Morgan fingerprint density at radius 1 is 1.00 bits per heavy atom. The van der Waals surface area contributed by atoms with Gasteiger partial charge in [0.05, 0.1) is 0 Å². The Hall–Kier alpha value is -0.820. The van der Waals surface area contributed by atoms with Crippen LogP contribution in [0, 0.1) is 5.92 Å². The van der Waals surface area contributed by atoms with Gasteiger partial charge in [-0.05, 0) is 30.7 Å². The van der Waals surface area contributed by atoms with Gasteiger partial charge in [-0.2, -0.15) is 0 Å². The van der Waals surface area contributed by atoms with Gasteiger partial charge in [-0.15, -0.1) is 0 Å². The van der Waals surface area contributed by atoms with E-state index in [1.165, 1.54) is 37.7 Å². The van der Waals surface area contributed by atoms with Crippen LogP contribution in [0.2, 0.25) is 0 Å². The molecule has 1 nitrogen and oxygen atoms in total. The predicted octanol–water partition coefficient (Wildman–Crippen LogP) is 4.20. The summed E-state index contributed by atoms with van der Waals surface area (Å²) in [5, 5.41) is 9.36. The number of aliphatic hydroxyl groups excluding tert-OH is 1. The summed E-state index contributed by atoms with van der Waals surface area (Å²) < 4.78 is 0. The molecular formula is C16H26O. The average Bonchev–Trinajstić information content (AvgIpc) is 2.39. The molecule has 0 aromatic heterocycles. The highest BCUT2D eigenvalue weighted by Crippen LogP contribution is 2.16. The summed E-state index contributed by atoms with van der Waals surface area (Å²) in [6, 6.07) is 10.6. The minimum absolute atomic E-state index is 0.346. The molecule has 1 rings (SSSR count). The lowest BCUT2D eigenvalue weighted by molar-refractivity contribution is 0.207. The summed E-state index contributed by atoms with van der Waals surface area (Å²) in [5.41, 5.74) is 1.39. The fourth-order valence-electron chi connectivity index (χ4n) is 2.20. The molecule has 1 aromatic carbocycles. The highest BCUT2D eigenvalue weighted by molar-refractivity contribution is 5.14. The molecule has 0 heterocycles. The molecule has 0 saturated heterocycles. The maximum absolute atomic E-state index is 9.36. The zero-order valence-electron chi connectivity index (χ0n) is 11.1. The number of rotatable bonds is 9. The van der Waals surface area contributed by atoms with Gasteiger partial charge in [0.15, 0.2) is 0 Å². The molecule has 1 aromatic rings. The molecule has 0 unspecified atom stereocenters. The Morgan fingerprint density at radius 3 is 2.41 bits per heavy atom. The van der Waals surface area contributed by atoms with E-state index in [1.54, 1.807) is 0 Å². The SMILES string of the molecule is CCCCCC[C@@H](CO)CCc1ccccc1. The van der Waals surface area contributed by atoms with E-state index in [4.69, 9.17) is 0 Å². The van der Waals surface area contributed by atoms with Crippen molar-refractivity contribution in [1.29, 1.82) is 0 Å². The lowest BCUT2D eigenvalue weighted by Gasteiger charge is -2.13. The molecule has 0 spiro atoms. The Morgan fingerprint density at radius 2 is 1.76 bits per heavy atom. The highest BCUT2D eigenvalue weighted by atomic mass is 16.3. The predicted molar refractivity (Wildman–Crippen MR) is 74.1 cm³/mol. The van der Waals surface area contributed by atoms with Gasteiger partial charge in [0.1, 0.15) is 0 Å². The fraction of sp³-hybridized carbons (Fsp3) is 0.625. The average molecular weight is 234 g/mol. The highest BCUT2D eigenvalue weighted by Gasteiger charge is 2.07. The van der Waals surface area contributed by atoms with Crippen molar-refractivity contribution in [3.63, 3.8) is 0 Å². The van der Waals surface area contributed by atoms with E-state index in [9.17, 15) is 5.11 Å². The first-order valence-electron chi connectivity index (χ1n) is 7.01. The topological polar surface area (TPSA) is 20.2 Å². The Labute approximate surface area is 106 Å². The summed E-state index contributed by atoms with van der Waals surface area (Å²) in [6.45, 7) is 2.58. The molecule has 17 heavy (non-hydrogen) atoms. The van der Waals surface area contributed by atoms with E-state index in [2.05, 4.69) is 37.3 Å². The zero-order chi connectivity index (χ0) is 12.3. The van der Waals surface area contributed by atoms with Crippen molar-refractivity contribution >= 4 is 0 Å². The molecule has 0 radical (unpaired) electrons. The van der Waals surface area contributed by atoms with Crippen molar-refractivity contribution in [3.8, 4) is 0 Å². The van der Waals surface area contributed by atoms with Crippen LogP contribution in [-0.2, 0) is 6.42 Å². The third-order valence-electron chi connectivity index (χ3n) is 3.41. The van der Waals surface area contributed by atoms with Gasteiger partial charge in [-0.3, -0.25) is 0 Å². The van der Waals surface area contributed by atoms with Crippen molar-refractivity contribution in [2.24, 2.45) is 5.92 Å². The molecule has 0 bridgehead atoms. The first-order valence-corrected chi connectivity index (χ1v) is 7.01. The van der Waals surface area contributed by atoms with Crippen LogP contribution in [-0.4, -0.2) is 11.7 Å². The molecular weight excluding hydrogens is 208 g/mol. The molecule has 0 aliphatic carbocycles.